The smallest absolute Gasteiger partial charge is 0.243 e. The molecule has 1 amide bonds. The lowest BCUT2D eigenvalue weighted by atomic mass is 10.1. The second-order valence-electron chi connectivity index (χ2n) is 8.58. The molecule has 178 valence electrons. The summed E-state index contributed by atoms with van der Waals surface area (Å²) in [7, 11) is 0. The van der Waals surface area contributed by atoms with Crippen LogP contribution < -0.4 is 11.1 Å². The normalized spacial score (nSPS) is 14.2. The Balaban J connectivity index is 1.51. The summed E-state index contributed by atoms with van der Waals surface area (Å²) >= 11 is 5.83. The van der Waals surface area contributed by atoms with Crippen LogP contribution in [0.3, 0.4) is 0 Å². The lowest BCUT2D eigenvalue weighted by Gasteiger charge is -2.29. The third-order valence-corrected chi connectivity index (χ3v) is 6.33. The number of nitrogen functional groups attached to an aromatic ring is 1. The third-order valence-electron chi connectivity index (χ3n) is 6.03. The Morgan fingerprint density at radius 3 is 2.76 bits per heavy atom. The topological polar surface area (TPSA) is 97.4 Å². The van der Waals surface area contributed by atoms with Gasteiger partial charge >= 0.3 is 0 Å². The second-order valence-corrected chi connectivity index (χ2v) is 8.99. The van der Waals surface area contributed by atoms with E-state index in [2.05, 4.69) is 5.32 Å². The van der Waals surface area contributed by atoms with Gasteiger partial charge in [0, 0.05) is 47.5 Å². The Labute approximate surface area is 201 Å². The molecule has 0 spiro atoms. The van der Waals surface area contributed by atoms with Crippen molar-refractivity contribution in [1.29, 1.82) is 0 Å². The molecule has 0 saturated heterocycles. The van der Waals surface area contributed by atoms with Crippen LogP contribution >= 0.6 is 11.6 Å². The van der Waals surface area contributed by atoms with E-state index in [1.54, 1.807) is 46.0 Å². The van der Waals surface area contributed by atoms with Gasteiger partial charge < -0.3 is 25.3 Å². The highest BCUT2D eigenvalue weighted by molar-refractivity contribution is 6.30. The highest BCUT2D eigenvalue weighted by Crippen LogP contribution is 2.30. The van der Waals surface area contributed by atoms with E-state index in [0.29, 0.717) is 22.3 Å². The second kappa shape index (κ2) is 9.95. The number of hydrogen-bond acceptors (Lipinski definition) is 5. The van der Waals surface area contributed by atoms with Crippen LogP contribution in [0.1, 0.15) is 35.7 Å². The number of fused-ring (bicyclic) bond motifs is 1. The number of amides is 1. The number of nitrogens with zero attached hydrogens (tertiary/aromatic N) is 2. The molecule has 0 radical (unpaired) electrons. The third kappa shape index (κ3) is 4.98. The van der Waals surface area contributed by atoms with Gasteiger partial charge in [0.15, 0.2) is 5.78 Å². The molecular weight excluding hydrogens is 459 g/mol. The number of ketones is 1. The molecule has 3 aromatic rings. The van der Waals surface area contributed by atoms with Crippen molar-refractivity contribution in [1.82, 2.24) is 14.8 Å². The molecule has 1 aromatic heterocycles. The minimum Gasteiger partial charge on any atom is -0.399 e. The van der Waals surface area contributed by atoms with Crippen LogP contribution in [0.2, 0.25) is 5.02 Å². The first kappa shape index (κ1) is 23.9. The number of aldehydes is 1. The standard InChI is InChI=1S/C25H26ClFN4O3/c1-15(33)21-12-30(23-9-17(28)5-8-20(21)23)13-24(34)31(18-6-7-18)19(14-32)11-29-10-16-3-2-4-22(26)25(16)27/h2-5,8-9,12,14,18-19,29H,6-7,10-11,13,28H2,1H3. The SMILES string of the molecule is CC(=O)c1cn(CC(=O)N(C(C=O)CNCc2cccc(Cl)c2F)C2CC2)c2cc(N)ccc12. The van der Waals surface area contributed by atoms with Crippen molar-refractivity contribution in [3.05, 3.63) is 64.6 Å². The van der Waals surface area contributed by atoms with E-state index in [-0.39, 0.29) is 42.4 Å². The highest BCUT2D eigenvalue weighted by Gasteiger charge is 2.37. The van der Waals surface area contributed by atoms with Crippen molar-refractivity contribution in [3.63, 3.8) is 0 Å². The van der Waals surface area contributed by atoms with Gasteiger partial charge in [-0.1, -0.05) is 29.8 Å². The molecule has 3 N–H and O–H groups in total. The van der Waals surface area contributed by atoms with Gasteiger partial charge in [-0.05, 0) is 38.0 Å². The van der Waals surface area contributed by atoms with Crippen LogP contribution in [0, 0.1) is 5.82 Å². The zero-order valence-electron chi connectivity index (χ0n) is 18.8. The molecule has 1 atom stereocenters. The zero-order chi connectivity index (χ0) is 24.4. The van der Waals surface area contributed by atoms with Crippen molar-refractivity contribution in [2.45, 2.75) is 44.9 Å². The van der Waals surface area contributed by atoms with E-state index in [9.17, 15) is 18.8 Å². The van der Waals surface area contributed by atoms with Gasteiger partial charge in [0.1, 0.15) is 24.7 Å². The fourth-order valence-electron chi connectivity index (χ4n) is 4.21. The van der Waals surface area contributed by atoms with Crippen LogP contribution in [-0.2, 0) is 22.7 Å². The van der Waals surface area contributed by atoms with E-state index >= 15 is 0 Å². The number of rotatable bonds is 10. The summed E-state index contributed by atoms with van der Waals surface area (Å²) in [5, 5.41) is 3.83. The van der Waals surface area contributed by atoms with Crippen LogP contribution in [0.4, 0.5) is 10.1 Å². The maximum Gasteiger partial charge on any atom is 0.243 e. The number of carbonyl (C=O) groups is 3. The molecule has 1 aliphatic carbocycles. The first-order valence-electron chi connectivity index (χ1n) is 11.1. The Morgan fingerprint density at radius 1 is 1.32 bits per heavy atom. The largest absolute Gasteiger partial charge is 0.399 e. The average molecular weight is 485 g/mol. The molecule has 7 nitrogen and oxygen atoms in total. The zero-order valence-corrected chi connectivity index (χ0v) is 19.5. The first-order valence-corrected chi connectivity index (χ1v) is 11.5. The van der Waals surface area contributed by atoms with Crippen LogP contribution in [0.25, 0.3) is 10.9 Å². The summed E-state index contributed by atoms with van der Waals surface area (Å²) in [4.78, 5) is 39.0. The van der Waals surface area contributed by atoms with Gasteiger partial charge in [-0.3, -0.25) is 9.59 Å². The molecule has 0 bridgehead atoms. The Hall–Kier alpha value is -3.23. The Morgan fingerprint density at radius 2 is 2.09 bits per heavy atom. The molecule has 34 heavy (non-hydrogen) atoms. The number of hydrogen-bond donors (Lipinski definition) is 2. The van der Waals surface area contributed by atoms with Crippen molar-refractivity contribution >= 4 is 46.2 Å². The fourth-order valence-corrected chi connectivity index (χ4v) is 4.41. The van der Waals surface area contributed by atoms with Crippen LogP contribution in [0.5, 0.6) is 0 Å². The van der Waals surface area contributed by atoms with Crippen molar-refractivity contribution in [2.75, 3.05) is 12.3 Å². The summed E-state index contributed by atoms with van der Waals surface area (Å²) in [5.41, 5.74) is 8.04. The van der Waals surface area contributed by atoms with Gasteiger partial charge in [-0.2, -0.15) is 0 Å². The van der Waals surface area contributed by atoms with Gasteiger partial charge in [-0.25, -0.2) is 4.39 Å². The lowest BCUT2D eigenvalue weighted by Crippen LogP contribution is -2.49. The van der Waals surface area contributed by atoms with Gasteiger partial charge in [0.05, 0.1) is 10.5 Å². The maximum atomic E-state index is 14.1. The lowest BCUT2D eigenvalue weighted by molar-refractivity contribution is -0.137. The average Bonchev–Trinajstić information content (AvgIpc) is 3.57. The first-order chi connectivity index (χ1) is 16.3. The molecule has 1 saturated carbocycles. The van der Waals surface area contributed by atoms with E-state index in [1.165, 1.54) is 13.0 Å². The van der Waals surface area contributed by atoms with Crippen LogP contribution in [-0.4, -0.2) is 46.1 Å². The van der Waals surface area contributed by atoms with Gasteiger partial charge in [0.2, 0.25) is 5.91 Å². The van der Waals surface area contributed by atoms with E-state index < -0.39 is 11.9 Å². The molecule has 4 rings (SSSR count). The summed E-state index contributed by atoms with van der Waals surface area (Å²) < 4.78 is 15.9. The molecule has 1 heterocycles. The van der Waals surface area contributed by atoms with Crippen LogP contribution in [0.15, 0.2) is 42.6 Å². The van der Waals surface area contributed by atoms with E-state index in [1.807, 2.05) is 0 Å². The summed E-state index contributed by atoms with van der Waals surface area (Å²) in [6.45, 7) is 1.80. The van der Waals surface area contributed by atoms with Crippen molar-refractivity contribution < 1.29 is 18.8 Å². The number of halogens is 2. The van der Waals surface area contributed by atoms with Gasteiger partial charge in [0.25, 0.3) is 0 Å². The van der Waals surface area contributed by atoms with Gasteiger partial charge in [-0.15, -0.1) is 0 Å². The highest BCUT2D eigenvalue weighted by atomic mass is 35.5. The number of Topliss-reactive ketones (excluding diaryl/α,β-unsaturated/α-hetero) is 1. The number of nitrogens with one attached hydrogen (secondary N) is 1. The van der Waals surface area contributed by atoms with E-state index in [0.717, 1.165) is 24.5 Å². The minimum atomic E-state index is -0.707. The number of nitrogens with two attached hydrogens (primary N) is 1. The molecule has 1 aliphatic rings. The molecule has 2 aromatic carbocycles. The van der Waals surface area contributed by atoms with Crippen molar-refractivity contribution in [2.24, 2.45) is 0 Å². The molecule has 0 aliphatic heterocycles. The number of carbonyl (C=O) groups excluding carboxylic acids is 3. The summed E-state index contributed by atoms with van der Waals surface area (Å²) in [5.74, 6) is -0.845. The molecular formula is C25H26ClFN4O3. The fraction of sp³-hybridized carbons (Fsp3) is 0.320. The molecule has 1 fully saturated rings. The van der Waals surface area contributed by atoms with Crippen molar-refractivity contribution in [3.8, 4) is 0 Å². The molecule has 1 unspecified atom stereocenters. The summed E-state index contributed by atoms with van der Waals surface area (Å²) in [6.07, 6.45) is 4.03. The molecule has 9 heteroatoms. The number of benzene rings is 2. The quantitative estimate of drug-likeness (QED) is 0.260. The number of anilines is 1. The minimum absolute atomic E-state index is 0.0217. The Kier molecular flexibility index (Phi) is 7.00. The monoisotopic (exact) mass is 484 g/mol. The Bertz CT molecular complexity index is 1250. The van der Waals surface area contributed by atoms with E-state index in [4.69, 9.17) is 17.3 Å². The predicted octanol–water partition coefficient (Wildman–Crippen LogP) is 3.57. The maximum absolute atomic E-state index is 14.1. The predicted molar refractivity (Wildman–Crippen MR) is 129 cm³/mol. The number of aromatic nitrogens is 1. The summed E-state index contributed by atoms with van der Waals surface area (Å²) in [6, 6.07) is 9.23.